The van der Waals surface area contributed by atoms with Gasteiger partial charge in [-0.15, -0.1) is 0 Å². The molecule has 0 spiro atoms. The number of rotatable bonds is 5. The van der Waals surface area contributed by atoms with Crippen molar-refractivity contribution in [1.82, 2.24) is 0 Å². The smallest absolute Gasteiger partial charge is 0.344 e. The minimum Gasteiger partial charge on any atom is -0.482 e. The van der Waals surface area contributed by atoms with Crippen molar-refractivity contribution in [1.29, 1.82) is 0 Å². The van der Waals surface area contributed by atoms with Crippen LogP contribution in [0.2, 0.25) is 0 Å². The second kappa shape index (κ2) is 7.17. The zero-order chi connectivity index (χ0) is 16.9. The molecule has 0 unspecified atom stereocenters. The first-order valence-corrected chi connectivity index (χ1v) is 7.87. The van der Waals surface area contributed by atoms with Crippen molar-refractivity contribution in [2.45, 2.75) is 26.4 Å². The van der Waals surface area contributed by atoms with Crippen LogP contribution in [0.3, 0.4) is 0 Å². The Hall–Kier alpha value is -2.82. The van der Waals surface area contributed by atoms with E-state index in [0.717, 1.165) is 22.4 Å². The SMILES string of the molecule is Cc1ccccc1COC(=O)COc1ccc2c(c1)CCC(=O)N2. The van der Waals surface area contributed by atoms with Crippen LogP contribution >= 0.6 is 0 Å². The molecule has 1 heterocycles. The Morgan fingerprint density at radius 2 is 2.00 bits per heavy atom. The summed E-state index contributed by atoms with van der Waals surface area (Å²) in [6, 6.07) is 13.1. The fourth-order valence-corrected chi connectivity index (χ4v) is 2.56. The average Bonchev–Trinajstić information content (AvgIpc) is 2.59. The molecule has 124 valence electrons. The van der Waals surface area contributed by atoms with Gasteiger partial charge in [-0.3, -0.25) is 4.79 Å². The summed E-state index contributed by atoms with van der Waals surface area (Å²) in [5.74, 6) is 0.206. The molecule has 0 atom stereocenters. The van der Waals surface area contributed by atoms with Crippen LogP contribution in [0.15, 0.2) is 42.5 Å². The van der Waals surface area contributed by atoms with E-state index in [1.807, 2.05) is 37.3 Å². The first-order valence-electron chi connectivity index (χ1n) is 7.87. The largest absolute Gasteiger partial charge is 0.482 e. The summed E-state index contributed by atoms with van der Waals surface area (Å²) in [6.07, 6.45) is 1.14. The lowest BCUT2D eigenvalue weighted by atomic mass is 10.0. The third-order valence-electron chi connectivity index (χ3n) is 3.98. The molecule has 2 aromatic carbocycles. The van der Waals surface area contributed by atoms with Gasteiger partial charge >= 0.3 is 5.97 Å². The molecule has 1 amide bonds. The minimum atomic E-state index is -0.413. The zero-order valence-corrected chi connectivity index (χ0v) is 13.5. The van der Waals surface area contributed by atoms with Gasteiger partial charge in [-0.25, -0.2) is 4.79 Å². The Balaban J connectivity index is 1.51. The molecule has 0 aromatic heterocycles. The first-order chi connectivity index (χ1) is 11.6. The molecule has 24 heavy (non-hydrogen) atoms. The van der Waals surface area contributed by atoms with Gasteiger partial charge in [0.05, 0.1) is 0 Å². The van der Waals surface area contributed by atoms with Gasteiger partial charge in [0, 0.05) is 12.1 Å². The van der Waals surface area contributed by atoms with Crippen molar-refractivity contribution in [3.8, 4) is 5.75 Å². The maximum absolute atomic E-state index is 11.8. The molecule has 0 saturated heterocycles. The molecular weight excluding hydrogens is 306 g/mol. The highest BCUT2D eigenvalue weighted by molar-refractivity contribution is 5.94. The number of aryl methyl sites for hydroxylation is 2. The number of amides is 1. The second-order valence-electron chi connectivity index (χ2n) is 5.74. The van der Waals surface area contributed by atoms with Gasteiger partial charge in [-0.2, -0.15) is 0 Å². The van der Waals surface area contributed by atoms with Crippen LogP contribution in [0.5, 0.6) is 5.75 Å². The van der Waals surface area contributed by atoms with E-state index in [-0.39, 0.29) is 19.1 Å². The quantitative estimate of drug-likeness (QED) is 0.858. The second-order valence-corrected chi connectivity index (χ2v) is 5.74. The van der Waals surface area contributed by atoms with E-state index in [4.69, 9.17) is 9.47 Å². The van der Waals surface area contributed by atoms with Crippen molar-refractivity contribution < 1.29 is 19.1 Å². The lowest BCUT2D eigenvalue weighted by Crippen LogP contribution is -2.19. The Morgan fingerprint density at radius 1 is 1.17 bits per heavy atom. The van der Waals surface area contributed by atoms with E-state index in [9.17, 15) is 9.59 Å². The molecule has 2 aromatic rings. The van der Waals surface area contributed by atoms with Crippen molar-refractivity contribution >= 4 is 17.6 Å². The Labute approximate surface area is 140 Å². The van der Waals surface area contributed by atoms with Crippen molar-refractivity contribution in [2.75, 3.05) is 11.9 Å². The summed E-state index contributed by atoms with van der Waals surface area (Å²) in [6.45, 7) is 2.08. The normalized spacial score (nSPS) is 13.0. The van der Waals surface area contributed by atoms with E-state index < -0.39 is 5.97 Å². The van der Waals surface area contributed by atoms with Crippen molar-refractivity contribution in [3.63, 3.8) is 0 Å². The summed E-state index contributed by atoms with van der Waals surface area (Å²) in [5.41, 5.74) is 3.89. The predicted molar refractivity (Wildman–Crippen MR) is 89.9 cm³/mol. The van der Waals surface area contributed by atoms with Crippen LogP contribution < -0.4 is 10.1 Å². The highest BCUT2D eigenvalue weighted by Crippen LogP contribution is 2.26. The molecule has 1 N–H and O–H groups in total. The van der Waals surface area contributed by atoms with Gasteiger partial charge in [0.25, 0.3) is 0 Å². The van der Waals surface area contributed by atoms with Crippen LogP contribution in [0.4, 0.5) is 5.69 Å². The Bertz CT molecular complexity index is 770. The molecule has 1 aliphatic rings. The third-order valence-corrected chi connectivity index (χ3v) is 3.98. The molecule has 0 saturated carbocycles. The molecule has 3 rings (SSSR count). The summed E-state index contributed by atoms with van der Waals surface area (Å²) in [4.78, 5) is 23.2. The van der Waals surface area contributed by atoms with Gasteiger partial charge in [0.15, 0.2) is 6.61 Å². The standard InChI is InChI=1S/C19H19NO4/c1-13-4-2-3-5-15(13)11-24-19(22)12-23-16-7-8-17-14(10-16)6-9-18(21)20-17/h2-5,7-8,10H,6,9,11-12H2,1H3,(H,20,21). The average molecular weight is 325 g/mol. The zero-order valence-electron chi connectivity index (χ0n) is 13.5. The highest BCUT2D eigenvalue weighted by atomic mass is 16.6. The van der Waals surface area contributed by atoms with E-state index in [2.05, 4.69) is 5.32 Å². The molecular formula is C19H19NO4. The highest BCUT2D eigenvalue weighted by Gasteiger charge is 2.15. The number of nitrogens with one attached hydrogen (secondary N) is 1. The number of hydrogen-bond acceptors (Lipinski definition) is 4. The van der Waals surface area contributed by atoms with Gasteiger partial charge in [0.2, 0.25) is 5.91 Å². The van der Waals surface area contributed by atoms with Crippen LogP contribution in [0, 0.1) is 6.92 Å². The van der Waals surface area contributed by atoms with Gasteiger partial charge in [0.1, 0.15) is 12.4 Å². The number of hydrogen-bond donors (Lipinski definition) is 1. The summed E-state index contributed by atoms with van der Waals surface area (Å²) in [7, 11) is 0. The minimum absolute atomic E-state index is 0.0240. The van der Waals surface area contributed by atoms with Gasteiger partial charge in [-0.1, -0.05) is 24.3 Å². The predicted octanol–water partition coefficient (Wildman–Crippen LogP) is 3.00. The molecule has 0 bridgehead atoms. The summed E-state index contributed by atoms with van der Waals surface area (Å²) in [5, 5.41) is 2.81. The number of esters is 1. The molecule has 5 nitrogen and oxygen atoms in total. The fraction of sp³-hybridized carbons (Fsp3) is 0.263. The van der Waals surface area contributed by atoms with E-state index in [0.29, 0.717) is 18.6 Å². The molecule has 0 radical (unpaired) electrons. The fourth-order valence-electron chi connectivity index (χ4n) is 2.56. The molecule has 1 aliphatic heterocycles. The molecule has 5 heteroatoms. The maximum atomic E-state index is 11.8. The van der Waals surface area contributed by atoms with Crippen molar-refractivity contribution in [3.05, 3.63) is 59.2 Å². The van der Waals surface area contributed by atoms with Crippen LogP contribution in [-0.2, 0) is 27.4 Å². The summed E-state index contributed by atoms with van der Waals surface area (Å²) >= 11 is 0. The number of carbonyl (C=O) groups is 2. The van der Waals surface area contributed by atoms with Gasteiger partial charge < -0.3 is 14.8 Å². The van der Waals surface area contributed by atoms with Crippen LogP contribution in [0.1, 0.15) is 23.1 Å². The monoisotopic (exact) mass is 325 g/mol. The van der Waals surface area contributed by atoms with Crippen LogP contribution in [-0.4, -0.2) is 18.5 Å². The van der Waals surface area contributed by atoms with E-state index in [1.165, 1.54) is 0 Å². The molecule has 0 aliphatic carbocycles. The number of anilines is 1. The number of carbonyl (C=O) groups excluding carboxylic acids is 2. The lowest BCUT2D eigenvalue weighted by Gasteiger charge is -2.17. The Morgan fingerprint density at radius 3 is 2.83 bits per heavy atom. The van der Waals surface area contributed by atoms with E-state index >= 15 is 0 Å². The Kier molecular flexibility index (Phi) is 4.79. The number of benzene rings is 2. The number of ether oxygens (including phenoxy) is 2. The summed E-state index contributed by atoms with van der Waals surface area (Å²) < 4.78 is 10.7. The maximum Gasteiger partial charge on any atom is 0.344 e. The topological polar surface area (TPSA) is 64.6 Å². The van der Waals surface area contributed by atoms with E-state index in [1.54, 1.807) is 12.1 Å². The number of fused-ring (bicyclic) bond motifs is 1. The lowest BCUT2D eigenvalue weighted by molar-refractivity contribution is -0.147. The third kappa shape index (κ3) is 3.93. The van der Waals surface area contributed by atoms with Gasteiger partial charge in [-0.05, 0) is 48.2 Å². The molecule has 0 fully saturated rings. The van der Waals surface area contributed by atoms with Crippen LogP contribution in [0.25, 0.3) is 0 Å². The first kappa shape index (κ1) is 16.1. The van der Waals surface area contributed by atoms with Crippen molar-refractivity contribution in [2.24, 2.45) is 0 Å².